The second-order valence-corrected chi connectivity index (χ2v) is 6.16. The van der Waals surface area contributed by atoms with Crippen molar-refractivity contribution in [1.82, 2.24) is 10.1 Å². The Hall–Kier alpha value is -2.46. The van der Waals surface area contributed by atoms with Crippen LogP contribution in [0, 0.1) is 6.92 Å². The largest absolute Gasteiger partial charge is 0.339 e. The van der Waals surface area contributed by atoms with E-state index in [4.69, 9.17) is 10.3 Å². The summed E-state index contributed by atoms with van der Waals surface area (Å²) in [7, 11) is 0. The molecule has 116 valence electrons. The van der Waals surface area contributed by atoms with Crippen LogP contribution in [0.5, 0.6) is 0 Å². The first-order valence-electron chi connectivity index (χ1n) is 7.95. The molecule has 1 aliphatic carbocycles. The molecule has 0 saturated heterocycles. The molecule has 0 spiro atoms. The minimum Gasteiger partial charge on any atom is -0.339 e. The van der Waals surface area contributed by atoms with Crippen molar-refractivity contribution < 1.29 is 4.52 Å². The second kappa shape index (κ2) is 5.63. The molecule has 2 N–H and O–H groups in total. The van der Waals surface area contributed by atoms with Crippen LogP contribution in [-0.4, -0.2) is 10.1 Å². The highest BCUT2D eigenvalue weighted by molar-refractivity contribution is 5.55. The molecule has 0 radical (unpaired) electrons. The van der Waals surface area contributed by atoms with Crippen molar-refractivity contribution in [2.24, 2.45) is 5.73 Å². The Bertz CT molecular complexity index is 823. The summed E-state index contributed by atoms with van der Waals surface area (Å²) in [4.78, 5) is 4.59. The highest BCUT2D eigenvalue weighted by Gasteiger charge is 2.44. The van der Waals surface area contributed by atoms with E-state index in [2.05, 4.69) is 41.3 Å². The van der Waals surface area contributed by atoms with Crippen LogP contribution < -0.4 is 5.73 Å². The molecule has 2 aromatic carbocycles. The Morgan fingerprint density at radius 3 is 2.61 bits per heavy atom. The van der Waals surface area contributed by atoms with Crippen molar-refractivity contribution in [3.05, 3.63) is 71.1 Å². The Morgan fingerprint density at radius 1 is 1.09 bits per heavy atom. The molecule has 4 nitrogen and oxygen atoms in total. The summed E-state index contributed by atoms with van der Waals surface area (Å²) in [6.07, 6.45) is 1.08. The lowest BCUT2D eigenvalue weighted by atomic mass is 10.0. The minimum absolute atomic E-state index is 0.348. The molecule has 1 saturated carbocycles. The second-order valence-electron chi connectivity index (χ2n) is 6.16. The van der Waals surface area contributed by atoms with Crippen LogP contribution in [0.15, 0.2) is 53.1 Å². The monoisotopic (exact) mass is 305 g/mol. The SMILES string of the molecule is Cc1ccccc1C1CC1c1nc(-c2ccc(CN)cc2)no1. The third-order valence-electron chi connectivity index (χ3n) is 4.59. The number of nitrogens with two attached hydrogens (primary N) is 1. The fraction of sp³-hybridized carbons (Fsp3) is 0.263. The molecular weight excluding hydrogens is 286 g/mol. The predicted octanol–water partition coefficient (Wildman–Crippen LogP) is 3.77. The van der Waals surface area contributed by atoms with Gasteiger partial charge in [-0.25, -0.2) is 0 Å². The molecule has 3 aromatic rings. The van der Waals surface area contributed by atoms with Gasteiger partial charge in [0.1, 0.15) is 0 Å². The Balaban J connectivity index is 1.54. The zero-order valence-corrected chi connectivity index (χ0v) is 13.1. The third kappa shape index (κ3) is 2.66. The third-order valence-corrected chi connectivity index (χ3v) is 4.59. The summed E-state index contributed by atoms with van der Waals surface area (Å²) in [5, 5.41) is 4.14. The first-order valence-corrected chi connectivity index (χ1v) is 7.95. The first-order chi connectivity index (χ1) is 11.3. The maximum atomic E-state index is 5.62. The van der Waals surface area contributed by atoms with Gasteiger partial charge < -0.3 is 10.3 Å². The van der Waals surface area contributed by atoms with E-state index in [0.29, 0.717) is 24.2 Å². The number of rotatable bonds is 4. The van der Waals surface area contributed by atoms with Crippen molar-refractivity contribution in [3.8, 4) is 11.4 Å². The van der Waals surface area contributed by atoms with Gasteiger partial charge in [-0.15, -0.1) is 0 Å². The maximum absolute atomic E-state index is 5.62. The highest BCUT2D eigenvalue weighted by atomic mass is 16.5. The van der Waals surface area contributed by atoms with E-state index in [1.54, 1.807) is 0 Å². The molecule has 23 heavy (non-hydrogen) atoms. The molecule has 2 atom stereocenters. The molecule has 0 amide bonds. The van der Waals surface area contributed by atoms with Crippen LogP contribution >= 0.6 is 0 Å². The van der Waals surface area contributed by atoms with Gasteiger partial charge in [0.15, 0.2) is 0 Å². The minimum atomic E-state index is 0.348. The Labute approximate surface area is 135 Å². The van der Waals surface area contributed by atoms with E-state index in [-0.39, 0.29) is 0 Å². The Kier molecular flexibility index (Phi) is 3.46. The summed E-state index contributed by atoms with van der Waals surface area (Å²) in [5.74, 6) is 2.25. The fourth-order valence-corrected chi connectivity index (χ4v) is 3.11. The molecule has 1 fully saturated rings. The van der Waals surface area contributed by atoms with E-state index in [1.807, 2.05) is 24.3 Å². The van der Waals surface area contributed by atoms with Crippen LogP contribution in [0.2, 0.25) is 0 Å². The van der Waals surface area contributed by atoms with Gasteiger partial charge in [0.05, 0.1) is 0 Å². The predicted molar refractivity (Wildman–Crippen MR) is 88.9 cm³/mol. The lowest BCUT2D eigenvalue weighted by Gasteiger charge is -2.02. The van der Waals surface area contributed by atoms with Crippen LogP contribution in [0.1, 0.15) is 40.8 Å². The summed E-state index contributed by atoms with van der Waals surface area (Å²) < 4.78 is 5.51. The smallest absolute Gasteiger partial charge is 0.230 e. The van der Waals surface area contributed by atoms with Gasteiger partial charge in [-0.1, -0.05) is 53.7 Å². The van der Waals surface area contributed by atoms with Gasteiger partial charge in [0, 0.05) is 18.0 Å². The van der Waals surface area contributed by atoms with Gasteiger partial charge in [-0.2, -0.15) is 4.98 Å². The van der Waals surface area contributed by atoms with Crippen LogP contribution in [0.25, 0.3) is 11.4 Å². The van der Waals surface area contributed by atoms with Gasteiger partial charge in [-0.3, -0.25) is 0 Å². The molecule has 0 bridgehead atoms. The number of aromatic nitrogens is 2. The number of nitrogens with zero attached hydrogens (tertiary/aromatic N) is 2. The summed E-state index contributed by atoms with van der Waals surface area (Å²) >= 11 is 0. The highest BCUT2D eigenvalue weighted by Crippen LogP contribution is 2.54. The number of hydrogen-bond acceptors (Lipinski definition) is 4. The molecule has 0 aliphatic heterocycles. The number of benzene rings is 2. The molecule has 1 heterocycles. The van der Waals surface area contributed by atoms with Crippen molar-refractivity contribution in [3.63, 3.8) is 0 Å². The summed E-state index contributed by atoms with van der Waals surface area (Å²) in [5.41, 5.74) is 10.4. The maximum Gasteiger partial charge on any atom is 0.230 e. The van der Waals surface area contributed by atoms with Crippen LogP contribution in [0.4, 0.5) is 0 Å². The van der Waals surface area contributed by atoms with Gasteiger partial charge in [0.2, 0.25) is 11.7 Å². The zero-order valence-electron chi connectivity index (χ0n) is 13.1. The zero-order chi connectivity index (χ0) is 15.8. The average molecular weight is 305 g/mol. The van der Waals surface area contributed by atoms with Crippen molar-refractivity contribution in [1.29, 1.82) is 0 Å². The van der Waals surface area contributed by atoms with Gasteiger partial charge in [0.25, 0.3) is 0 Å². The van der Waals surface area contributed by atoms with Crippen LogP contribution in [0.3, 0.4) is 0 Å². The van der Waals surface area contributed by atoms with E-state index in [0.717, 1.165) is 23.4 Å². The lowest BCUT2D eigenvalue weighted by molar-refractivity contribution is 0.378. The lowest BCUT2D eigenvalue weighted by Crippen LogP contribution is -1.95. The Morgan fingerprint density at radius 2 is 1.87 bits per heavy atom. The van der Waals surface area contributed by atoms with E-state index >= 15 is 0 Å². The number of hydrogen-bond donors (Lipinski definition) is 1. The average Bonchev–Trinajstić information content (AvgIpc) is 3.23. The summed E-state index contributed by atoms with van der Waals surface area (Å²) in [6.45, 7) is 2.70. The first kappa shape index (κ1) is 14.2. The number of aryl methyl sites for hydroxylation is 1. The van der Waals surface area contributed by atoms with E-state index in [1.165, 1.54) is 11.1 Å². The van der Waals surface area contributed by atoms with E-state index < -0.39 is 0 Å². The molecular formula is C19H19N3O. The van der Waals surface area contributed by atoms with Gasteiger partial charge >= 0.3 is 0 Å². The van der Waals surface area contributed by atoms with Crippen molar-refractivity contribution in [2.75, 3.05) is 0 Å². The topological polar surface area (TPSA) is 64.9 Å². The molecule has 4 rings (SSSR count). The summed E-state index contributed by atoms with van der Waals surface area (Å²) in [6, 6.07) is 16.5. The normalized spacial score (nSPS) is 19.7. The van der Waals surface area contributed by atoms with Crippen LogP contribution in [-0.2, 0) is 6.54 Å². The molecule has 4 heteroatoms. The van der Waals surface area contributed by atoms with Crippen molar-refractivity contribution in [2.45, 2.75) is 31.7 Å². The molecule has 1 aliphatic rings. The van der Waals surface area contributed by atoms with E-state index in [9.17, 15) is 0 Å². The standard InChI is InChI=1S/C19H19N3O/c1-12-4-2-3-5-15(12)16-10-17(16)19-21-18(22-23-19)14-8-6-13(11-20)7-9-14/h2-9,16-17H,10-11,20H2,1H3. The molecule has 2 unspecified atom stereocenters. The van der Waals surface area contributed by atoms with Crippen molar-refractivity contribution >= 4 is 0 Å². The fourth-order valence-electron chi connectivity index (χ4n) is 3.11. The quantitative estimate of drug-likeness (QED) is 0.796. The molecule has 1 aromatic heterocycles. The van der Waals surface area contributed by atoms with Gasteiger partial charge in [-0.05, 0) is 36.0 Å².